The maximum absolute atomic E-state index is 15.1. The Bertz CT molecular complexity index is 1940. The Morgan fingerprint density at radius 1 is 0.789 bits per heavy atom. The summed E-state index contributed by atoms with van der Waals surface area (Å²) in [7, 11) is 2.37. The highest BCUT2D eigenvalue weighted by molar-refractivity contribution is 6.01. The fourth-order valence-corrected chi connectivity index (χ4v) is 12.8. The van der Waals surface area contributed by atoms with E-state index in [-0.39, 0.29) is 24.8 Å². The van der Waals surface area contributed by atoms with Crippen molar-refractivity contribution in [1.82, 2.24) is 0 Å². The molecule has 7 rings (SSSR count). The van der Waals surface area contributed by atoms with E-state index in [1.54, 1.807) is 34.6 Å². The number of hydrogen-bond acceptors (Lipinski definition) is 17. The van der Waals surface area contributed by atoms with Crippen molar-refractivity contribution >= 4 is 41.6 Å². The first-order valence-electron chi connectivity index (χ1n) is 19.0. The highest BCUT2D eigenvalue weighted by Crippen LogP contribution is 2.90. The number of carbonyl (C=O) groups is 7. The van der Waals surface area contributed by atoms with Gasteiger partial charge < -0.3 is 47.0 Å². The van der Waals surface area contributed by atoms with Crippen molar-refractivity contribution in [3.05, 3.63) is 24.2 Å². The monoisotopic (exact) mass is 802 g/mol. The van der Waals surface area contributed by atoms with Crippen LogP contribution in [0.3, 0.4) is 0 Å². The van der Waals surface area contributed by atoms with Crippen molar-refractivity contribution in [2.75, 3.05) is 14.2 Å². The normalized spacial score (nSPS) is 44.2. The molecule has 0 radical (unpaired) electrons. The van der Waals surface area contributed by atoms with Gasteiger partial charge in [0.05, 0.1) is 38.4 Å². The highest BCUT2D eigenvalue weighted by Gasteiger charge is 3.06. The van der Waals surface area contributed by atoms with Gasteiger partial charge in [-0.25, -0.2) is 0 Å². The molecule has 13 atom stereocenters. The third kappa shape index (κ3) is 4.70. The van der Waals surface area contributed by atoms with E-state index in [1.165, 1.54) is 39.5 Å². The molecule has 4 bridgehead atoms. The number of Topliss-reactive ketones (excluding diaryl/α,β-unsaturated/α-hetero) is 1. The average Bonchev–Trinajstić information content (AvgIpc) is 3.82. The molecule has 17 heteroatoms. The minimum atomic E-state index is -2.38. The zero-order valence-electron chi connectivity index (χ0n) is 34.0. The van der Waals surface area contributed by atoms with Gasteiger partial charge in [-0.05, 0) is 18.4 Å². The molecule has 6 fully saturated rings. The molecule has 0 aromatic carbocycles. The molecule has 6 aliphatic rings. The van der Waals surface area contributed by atoms with Gasteiger partial charge in [0.15, 0.2) is 29.2 Å². The lowest BCUT2D eigenvalue weighted by atomic mass is 9.33. The lowest BCUT2D eigenvalue weighted by Gasteiger charge is -2.77. The Morgan fingerprint density at radius 2 is 1.40 bits per heavy atom. The van der Waals surface area contributed by atoms with Crippen LogP contribution in [0.2, 0.25) is 0 Å². The molecule has 17 nitrogen and oxygen atoms in total. The van der Waals surface area contributed by atoms with E-state index in [4.69, 9.17) is 47.0 Å². The number of ketones is 1. The van der Waals surface area contributed by atoms with Gasteiger partial charge in [-0.1, -0.05) is 34.6 Å². The fraction of sp³-hybridized carbons (Fsp3) is 0.725. The molecule has 312 valence electrons. The summed E-state index contributed by atoms with van der Waals surface area (Å²) in [6.07, 6.45) is -3.75. The molecular weight excluding hydrogens is 752 g/mol. The van der Waals surface area contributed by atoms with E-state index in [2.05, 4.69) is 0 Å². The summed E-state index contributed by atoms with van der Waals surface area (Å²) in [6.45, 7) is 13.1. The van der Waals surface area contributed by atoms with Crippen molar-refractivity contribution in [2.24, 2.45) is 34.0 Å². The van der Waals surface area contributed by atoms with Crippen LogP contribution in [0.15, 0.2) is 23.0 Å². The standard InChI is InChI=1S/C40H50O17/c1-19(2)30(47)53-32-38-25(15-28(45)49-11)33(6,29(46)23-12-13-50-17-23)16-26(51-20(3)41)40(38)35(8)24(14-27(44)48-10)34(7)18-37(35,55-36(9,56-38)57-40)39(32,54-22(5)43)31(34)52-21(4)42/h12-13,17,19,24-26,31-32H,14-16,18H2,1-11H3. The van der Waals surface area contributed by atoms with Gasteiger partial charge in [0.2, 0.25) is 5.60 Å². The molecule has 13 unspecified atom stereocenters. The maximum Gasteiger partial charge on any atom is 0.308 e. The Labute approximate surface area is 328 Å². The molecule has 57 heavy (non-hydrogen) atoms. The zero-order chi connectivity index (χ0) is 42.1. The van der Waals surface area contributed by atoms with Crippen LogP contribution in [0.1, 0.15) is 98.4 Å². The van der Waals surface area contributed by atoms with Gasteiger partial charge in [-0.15, -0.1) is 0 Å². The summed E-state index contributed by atoms with van der Waals surface area (Å²) in [5, 5.41) is 0. The summed E-state index contributed by atoms with van der Waals surface area (Å²) in [6, 6.07) is 1.43. The van der Waals surface area contributed by atoms with Gasteiger partial charge in [-0.2, -0.15) is 0 Å². The molecule has 3 heterocycles. The number of esters is 6. The molecule has 0 N–H and O–H groups in total. The molecule has 1 aromatic rings. The molecule has 4 saturated carbocycles. The molecular formula is C40H50O17. The van der Waals surface area contributed by atoms with Crippen LogP contribution < -0.4 is 0 Å². The first-order chi connectivity index (χ1) is 26.5. The van der Waals surface area contributed by atoms with Crippen molar-refractivity contribution in [2.45, 2.75) is 135 Å². The maximum atomic E-state index is 15.1. The number of rotatable bonds is 11. The van der Waals surface area contributed by atoms with E-state index in [0.717, 1.165) is 21.0 Å². The predicted molar refractivity (Wildman–Crippen MR) is 187 cm³/mol. The van der Waals surface area contributed by atoms with Gasteiger partial charge in [0.25, 0.3) is 5.97 Å². The molecule has 0 amide bonds. The molecule has 2 spiro atoms. The summed E-state index contributed by atoms with van der Waals surface area (Å²) >= 11 is 0. The molecule has 2 aliphatic heterocycles. The number of carbonyl (C=O) groups excluding carboxylic acids is 7. The van der Waals surface area contributed by atoms with Crippen molar-refractivity contribution < 1.29 is 80.6 Å². The van der Waals surface area contributed by atoms with Gasteiger partial charge in [0, 0.05) is 62.7 Å². The van der Waals surface area contributed by atoms with Gasteiger partial charge in [-0.3, -0.25) is 33.6 Å². The Balaban J connectivity index is 1.72. The number of methoxy groups -OCH3 is 2. The third-order valence-electron chi connectivity index (χ3n) is 14.2. The third-order valence-corrected chi connectivity index (χ3v) is 14.2. The molecule has 1 aromatic heterocycles. The smallest absolute Gasteiger partial charge is 0.308 e. The van der Waals surface area contributed by atoms with Crippen LogP contribution in [0.4, 0.5) is 0 Å². The van der Waals surface area contributed by atoms with E-state index in [9.17, 15) is 28.8 Å². The first kappa shape index (κ1) is 40.8. The van der Waals surface area contributed by atoms with E-state index in [0.29, 0.717) is 0 Å². The van der Waals surface area contributed by atoms with Crippen molar-refractivity contribution in [1.29, 1.82) is 0 Å². The number of furan rings is 1. The first-order valence-corrected chi connectivity index (χ1v) is 19.0. The second kappa shape index (κ2) is 12.6. The summed E-state index contributed by atoms with van der Waals surface area (Å²) in [4.78, 5) is 97.5. The van der Waals surface area contributed by atoms with Crippen LogP contribution in [-0.2, 0) is 71.4 Å². The van der Waals surface area contributed by atoms with Crippen LogP contribution in [0.25, 0.3) is 0 Å². The Kier molecular flexibility index (Phi) is 9.01. The molecule has 4 aliphatic carbocycles. The minimum Gasteiger partial charge on any atom is -0.472 e. The van der Waals surface area contributed by atoms with Crippen LogP contribution in [0.5, 0.6) is 0 Å². The number of hydrogen-bond donors (Lipinski definition) is 0. The topological polar surface area (TPSA) is 216 Å². The largest absolute Gasteiger partial charge is 0.472 e. The van der Waals surface area contributed by atoms with E-state index >= 15 is 4.79 Å². The van der Waals surface area contributed by atoms with Crippen molar-refractivity contribution in [3.8, 4) is 0 Å². The quantitative estimate of drug-likeness (QED) is 0.178. The lowest BCUT2D eigenvalue weighted by Crippen LogP contribution is -2.96. The minimum absolute atomic E-state index is 0.0888. The Morgan fingerprint density at radius 3 is 1.93 bits per heavy atom. The fourth-order valence-electron chi connectivity index (χ4n) is 12.8. The van der Waals surface area contributed by atoms with Crippen LogP contribution in [-0.4, -0.2) is 103 Å². The van der Waals surface area contributed by atoms with E-state index in [1.807, 2.05) is 0 Å². The van der Waals surface area contributed by atoms with Gasteiger partial charge in [0.1, 0.15) is 18.0 Å². The van der Waals surface area contributed by atoms with Crippen LogP contribution >= 0.6 is 0 Å². The summed E-state index contributed by atoms with van der Waals surface area (Å²) in [5.74, 6) is -10.8. The zero-order valence-corrected chi connectivity index (χ0v) is 34.0. The van der Waals surface area contributed by atoms with Gasteiger partial charge >= 0.3 is 35.8 Å². The SMILES string of the molecule is COC(=O)CC1C(C)(C(=O)c2ccoc2)CC(OC(C)=O)C23OC4(C)OC12C(OC(=O)C(C)C)C1(OC(C)=O)C(OC(C)=O)C2(C)CC1(O4)C3(C)C2CC(=O)OC. The van der Waals surface area contributed by atoms with Crippen molar-refractivity contribution in [3.63, 3.8) is 0 Å². The number of fused-ring (bicyclic) bond motifs is 2. The average molecular weight is 803 g/mol. The second-order valence-corrected chi connectivity index (χ2v) is 17.5. The second-order valence-electron chi connectivity index (χ2n) is 17.5. The number of ether oxygens (including phenoxy) is 9. The Hall–Kier alpha value is -4.35. The highest BCUT2D eigenvalue weighted by atomic mass is 16.9. The molecule has 2 saturated heterocycles. The van der Waals surface area contributed by atoms with E-state index < -0.39 is 129 Å². The summed E-state index contributed by atoms with van der Waals surface area (Å²) < 4.78 is 63.1. The summed E-state index contributed by atoms with van der Waals surface area (Å²) in [5.41, 5.74) is -13.5. The predicted octanol–water partition coefficient (Wildman–Crippen LogP) is 3.37. The lowest BCUT2D eigenvalue weighted by molar-refractivity contribution is -0.485. The van der Waals surface area contributed by atoms with Crippen LogP contribution in [0, 0.1) is 34.0 Å².